The zero-order chi connectivity index (χ0) is 12.8. The molecule has 1 rings (SSSR count). The van der Waals surface area contributed by atoms with E-state index in [9.17, 15) is 4.79 Å². The molecule has 17 heavy (non-hydrogen) atoms. The van der Waals surface area contributed by atoms with Gasteiger partial charge >= 0.3 is 0 Å². The Bertz CT molecular complexity index is 435. The summed E-state index contributed by atoms with van der Waals surface area (Å²) in [5, 5.41) is 11.2. The third-order valence-corrected chi connectivity index (χ3v) is 2.77. The van der Waals surface area contributed by atoms with Crippen molar-refractivity contribution in [3.05, 3.63) is 34.4 Å². The van der Waals surface area contributed by atoms with Crippen molar-refractivity contribution in [2.24, 2.45) is 0 Å². The molecule has 0 bridgehead atoms. The first-order valence-electron chi connectivity index (χ1n) is 5.75. The largest absolute Gasteiger partial charge is 0.352 e. The number of aryl methyl sites for hydroxylation is 3. The summed E-state index contributed by atoms with van der Waals surface area (Å²) in [6, 6.07) is 6.20. The predicted molar refractivity (Wildman–Crippen MR) is 67.3 cm³/mol. The Morgan fingerprint density at radius 2 is 1.88 bits per heavy atom. The summed E-state index contributed by atoms with van der Waals surface area (Å²) in [5.74, 6) is -0.0640. The third-order valence-electron chi connectivity index (χ3n) is 2.77. The Morgan fingerprint density at radius 1 is 1.29 bits per heavy atom. The van der Waals surface area contributed by atoms with E-state index in [-0.39, 0.29) is 18.7 Å². The van der Waals surface area contributed by atoms with Gasteiger partial charge in [-0.15, -0.1) is 0 Å². The SMILES string of the molecule is Cc1cc(C)c(CNC(=O)CCC#N)c(C)c1. The van der Waals surface area contributed by atoms with E-state index in [1.165, 1.54) is 22.3 Å². The quantitative estimate of drug-likeness (QED) is 0.864. The summed E-state index contributed by atoms with van der Waals surface area (Å²) >= 11 is 0. The van der Waals surface area contributed by atoms with E-state index in [0.29, 0.717) is 6.54 Å². The van der Waals surface area contributed by atoms with Crippen molar-refractivity contribution < 1.29 is 4.79 Å². The fourth-order valence-electron chi connectivity index (χ4n) is 1.93. The van der Waals surface area contributed by atoms with Crippen molar-refractivity contribution in [2.75, 3.05) is 0 Å². The van der Waals surface area contributed by atoms with E-state index in [2.05, 4.69) is 38.2 Å². The molecule has 0 aliphatic heterocycles. The van der Waals surface area contributed by atoms with Crippen LogP contribution < -0.4 is 5.32 Å². The lowest BCUT2D eigenvalue weighted by Crippen LogP contribution is -2.23. The van der Waals surface area contributed by atoms with Crippen LogP contribution in [0.15, 0.2) is 12.1 Å². The van der Waals surface area contributed by atoms with Gasteiger partial charge in [0.15, 0.2) is 0 Å². The number of benzene rings is 1. The van der Waals surface area contributed by atoms with E-state index in [4.69, 9.17) is 5.26 Å². The molecule has 1 aromatic rings. The lowest BCUT2D eigenvalue weighted by Gasteiger charge is -2.12. The van der Waals surface area contributed by atoms with E-state index in [1.54, 1.807) is 0 Å². The fraction of sp³-hybridized carbons (Fsp3) is 0.429. The van der Waals surface area contributed by atoms with Gasteiger partial charge in [0, 0.05) is 19.4 Å². The van der Waals surface area contributed by atoms with E-state index < -0.39 is 0 Å². The van der Waals surface area contributed by atoms with Gasteiger partial charge in [-0.25, -0.2) is 0 Å². The molecular weight excluding hydrogens is 212 g/mol. The van der Waals surface area contributed by atoms with E-state index in [0.717, 1.165) is 0 Å². The van der Waals surface area contributed by atoms with Crippen molar-refractivity contribution in [1.82, 2.24) is 5.32 Å². The number of carbonyl (C=O) groups is 1. The van der Waals surface area contributed by atoms with Crippen molar-refractivity contribution >= 4 is 5.91 Å². The van der Waals surface area contributed by atoms with Crippen molar-refractivity contribution in [3.8, 4) is 6.07 Å². The maximum Gasteiger partial charge on any atom is 0.221 e. The molecule has 0 saturated carbocycles. The van der Waals surface area contributed by atoms with Crippen LogP contribution in [0.4, 0.5) is 0 Å². The number of nitrogens with zero attached hydrogens (tertiary/aromatic N) is 1. The molecule has 0 fully saturated rings. The molecule has 1 N–H and O–H groups in total. The number of nitrogens with one attached hydrogen (secondary N) is 1. The summed E-state index contributed by atoms with van der Waals surface area (Å²) < 4.78 is 0. The number of hydrogen-bond acceptors (Lipinski definition) is 2. The highest BCUT2D eigenvalue weighted by Gasteiger charge is 2.06. The summed E-state index contributed by atoms with van der Waals surface area (Å²) in [6.07, 6.45) is 0.554. The molecule has 3 nitrogen and oxygen atoms in total. The highest BCUT2D eigenvalue weighted by atomic mass is 16.1. The fourth-order valence-corrected chi connectivity index (χ4v) is 1.93. The molecular formula is C14H18N2O. The molecule has 3 heteroatoms. The van der Waals surface area contributed by atoms with E-state index >= 15 is 0 Å². The maximum atomic E-state index is 11.4. The minimum atomic E-state index is -0.0640. The highest BCUT2D eigenvalue weighted by Crippen LogP contribution is 2.15. The smallest absolute Gasteiger partial charge is 0.221 e. The van der Waals surface area contributed by atoms with Gasteiger partial charge < -0.3 is 5.32 Å². The lowest BCUT2D eigenvalue weighted by molar-refractivity contribution is -0.121. The molecule has 0 atom stereocenters. The van der Waals surface area contributed by atoms with Gasteiger partial charge in [0.1, 0.15) is 0 Å². The number of hydrogen-bond donors (Lipinski definition) is 1. The Kier molecular flexibility index (Phi) is 4.71. The zero-order valence-corrected chi connectivity index (χ0v) is 10.6. The molecule has 0 spiro atoms. The maximum absolute atomic E-state index is 11.4. The number of rotatable bonds is 4. The minimum Gasteiger partial charge on any atom is -0.352 e. The first-order chi connectivity index (χ1) is 8.04. The van der Waals surface area contributed by atoms with Crippen LogP contribution in [0, 0.1) is 32.1 Å². The molecule has 0 saturated heterocycles. The van der Waals surface area contributed by atoms with E-state index in [1.807, 2.05) is 6.07 Å². The normalized spacial score (nSPS) is 9.76. The average Bonchev–Trinajstić information content (AvgIpc) is 2.24. The Balaban J connectivity index is 2.64. The van der Waals surface area contributed by atoms with Crippen molar-refractivity contribution in [1.29, 1.82) is 5.26 Å². The van der Waals surface area contributed by atoms with Crippen molar-refractivity contribution in [3.63, 3.8) is 0 Å². The topological polar surface area (TPSA) is 52.9 Å². The highest BCUT2D eigenvalue weighted by molar-refractivity contribution is 5.76. The van der Waals surface area contributed by atoms with Crippen LogP contribution in [0.1, 0.15) is 35.1 Å². The van der Waals surface area contributed by atoms with Gasteiger partial charge in [-0.05, 0) is 37.5 Å². The Hall–Kier alpha value is -1.82. The monoisotopic (exact) mass is 230 g/mol. The average molecular weight is 230 g/mol. The Labute approximate surface area is 102 Å². The molecule has 0 heterocycles. The molecule has 0 aliphatic carbocycles. The Morgan fingerprint density at radius 3 is 2.41 bits per heavy atom. The summed E-state index contributed by atoms with van der Waals surface area (Å²) in [6.45, 7) is 6.71. The molecule has 0 radical (unpaired) electrons. The van der Waals surface area contributed by atoms with Gasteiger partial charge in [-0.2, -0.15) is 5.26 Å². The molecule has 0 unspecified atom stereocenters. The van der Waals surface area contributed by atoms with Crippen LogP contribution in [-0.4, -0.2) is 5.91 Å². The molecule has 1 aromatic carbocycles. The number of amides is 1. The van der Waals surface area contributed by atoms with Gasteiger partial charge in [-0.1, -0.05) is 17.7 Å². The summed E-state index contributed by atoms with van der Waals surface area (Å²) in [5.41, 5.74) is 4.80. The van der Waals surface area contributed by atoms with Crippen LogP contribution in [0.25, 0.3) is 0 Å². The van der Waals surface area contributed by atoms with Gasteiger partial charge in [0.2, 0.25) is 5.91 Å². The van der Waals surface area contributed by atoms with Crippen LogP contribution >= 0.6 is 0 Å². The standard InChI is InChI=1S/C14H18N2O/c1-10-7-11(2)13(12(3)8-10)9-16-14(17)5-4-6-15/h7-8H,4-5,9H2,1-3H3,(H,16,17). The van der Waals surface area contributed by atoms with Gasteiger partial charge in [0.05, 0.1) is 6.07 Å². The third kappa shape index (κ3) is 3.92. The van der Waals surface area contributed by atoms with Crippen molar-refractivity contribution in [2.45, 2.75) is 40.2 Å². The predicted octanol–water partition coefficient (Wildman–Crippen LogP) is 2.53. The number of nitriles is 1. The minimum absolute atomic E-state index is 0.0640. The van der Waals surface area contributed by atoms with Crippen LogP contribution in [-0.2, 0) is 11.3 Å². The first kappa shape index (κ1) is 13.2. The molecule has 1 amide bonds. The molecule has 90 valence electrons. The second-order valence-electron chi connectivity index (χ2n) is 4.31. The second-order valence-corrected chi connectivity index (χ2v) is 4.31. The summed E-state index contributed by atoms with van der Waals surface area (Å²) in [4.78, 5) is 11.4. The van der Waals surface area contributed by atoms with Crippen LogP contribution in [0.2, 0.25) is 0 Å². The van der Waals surface area contributed by atoms with Crippen LogP contribution in [0.3, 0.4) is 0 Å². The summed E-state index contributed by atoms with van der Waals surface area (Å²) in [7, 11) is 0. The zero-order valence-electron chi connectivity index (χ0n) is 10.6. The second kappa shape index (κ2) is 6.05. The first-order valence-corrected chi connectivity index (χ1v) is 5.75. The molecule has 0 aliphatic rings. The lowest BCUT2D eigenvalue weighted by atomic mass is 10.00. The van der Waals surface area contributed by atoms with Crippen LogP contribution in [0.5, 0.6) is 0 Å². The number of carbonyl (C=O) groups excluding carboxylic acids is 1. The van der Waals surface area contributed by atoms with Gasteiger partial charge in [0.25, 0.3) is 0 Å². The van der Waals surface area contributed by atoms with Gasteiger partial charge in [-0.3, -0.25) is 4.79 Å². The molecule has 0 aromatic heterocycles.